The van der Waals surface area contributed by atoms with Crippen LogP contribution >= 0.6 is 0 Å². The molecule has 0 aliphatic heterocycles. The molecule has 0 radical (unpaired) electrons. The van der Waals surface area contributed by atoms with Crippen LogP contribution in [0, 0.1) is 12.3 Å². The molecular formula is C28H27F3O3. The van der Waals surface area contributed by atoms with Gasteiger partial charge in [-0.2, -0.15) is 13.2 Å². The summed E-state index contributed by atoms with van der Waals surface area (Å²) in [5.41, 5.74) is 2.26. The van der Waals surface area contributed by atoms with Gasteiger partial charge >= 0.3 is 12.1 Å². The monoisotopic (exact) mass is 468 g/mol. The fraction of sp³-hybridized carbons (Fsp3) is 0.250. The van der Waals surface area contributed by atoms with Crippen LogP contribution < -0.4 is 0 Å². The van der Waals surface area contributed by atoms with Crippen LogP contribution in [0.4, 0.5) is 13.2 Å². The molecule has 2 N–H and O–H groups in total. The Morgan fingerprint density at radius 2 is 1.62 bits per heavy atom. The molecule has 0 heterocycles. The zero-order chi connectivity index (χ0) is 24.9. The zero-order valence-electron chi connectivity index (χ0n) is 19.1. The number of alkyl halides is 3. The highest BCUT2D eigenvalue weighted by molar-refractivity contribution is 5.78. The van der Waals surface area contributed by atoms with Crippen molar-refractivity contribution in [2.45, 2.75) is 32.9 Å². The number of aliphatic carboxylic acids is 1. The van der Waals surface area contributed by atoms with E-state index in [4.69, 9.17) is 0 Å². The first-order valence-electron chi connectivity index (χ1n) is 10.9. The third-order valence-electron chi connectivity index (χ3n) is 6.16. The minimum absolute atomic E-state index is 0.00976. The van der Waals surface area contributed by atoms with Crippen molar-refractivity contribution in [2.24, 2.45) is 5.41 Å². The number of carboxylic acid groups (broad SMARTS) is 1. The number of aliphatic hydroxyl groups is 1. The maximum absolute atomic E-state index is 13.7. The van der Waals surface area contributed by atoms with E-state index in [1.807, 2.05) is 55.5 Å². The summed E-state index contributed by atoms with van der Waals surface area (Å²) in [7, 11) is 0. The Balaban J connectivity index is 1.95. The fourth-order valence-corrected chi connectivity index (χ4v) is 3.78. The van der Waals surface area contributed by atoms with Crippen molar-refractivity contribution in [3.63, 3.8) is 0 Å². The molecular weight excluding hydrogens is 441 g/mol. The molecule has 0 spiro atoms. The second kappa shape index (κ2) is 10.3. The fourth-order valence-electron chi connectivity index (χ4n) is 3.78. The molecule has 0 aliphatic rings. The first-order chi connectivity index (χ1) is 16.0. The Morgan fingerprint density at radius 1 is 0.941 bits per heavy atom. The van der Waals surface area contributed by atoms with Gasteiger partial charge in [0.1, 0.15) is 0 Å². The van der Waals surface area contributed by atoms with Gasteiger partial charge in [-0.25, -0.2) is 0 Å². The summed E-state index contributed by atoms with van der Waals surface area (Å²) in [4.78, 5) is 11.4. The number of halogens is 3. The molecule has 0 bridgehead atoms. The standard InChI is InChI=1S/C28H27F3O3/c1-19-21(9-6-10-24(19)22-7-4-3-5-8-22)12-13-23-17-20(11-14-25(23)28(29,30)31)15-16-27(2,18-32)26(33)34/h3-14,17,32H,15-16,18H2,1-2H3,(H,33,34)/b13-12+/t27-/m0/s1. The summed E-state index contributed by atoms with van der Waals surface area (Å²) in [6.07, 6.45) is -1.08. The smallest absolute Gasteiger partial charge is 0.416 e. The number of aliphatic hydroxyl groups excluding tert-OH is 1. The first-order valence-corrected chi connectivity index (χ1v) is 10.9. The second-order valence-corrected chi connectivity index (χ2v) is 8.66. The normalized spacial score (nSPS) is 13.7. The van der Waals surface area contributed by atoms with Crippen molar-refractivity contribution in [1.82, 2.24) is 0 Å². The van der Waals surface area contributed by atoms with Gasteiger partial charge in [0, 0.05) is 0 Å². The van der Waals surface area contributed by atoms with E-state index in [1.165, 1.54) is 25.1 Å². The van der Waals surface area contributed by atoms with E-state index >= 15 is 0 Å². The van der Waals surface area contributed by atoms with Crippen molar-refractivity contribution in [3.05, 3.63) is 94.5 Å². The number of carbonyl (C=O) groups is 1. The maximum Gasteiger partial charge on any atom is 0.416 e. The van der Waals surface area contributed by atoms with E-state index in [1.54, 1.807) is 6.08 Å². The Hall–Kier alpha value is -3.38. The van der Waals surface area contributed by atoms with Crippen molar-refractivity contribution >= 4 is 18.1 Å². The van der Waals surface area contributed by atoms with Crippen molar-refractivity contribution in [3.8, 4) is 11.1 Å². The Bertz CT molecular complexity index is 1180. The molecule has 0 saturated heterocycles. The average Bonchev–Trinajstić information content (AvgIpc) is 2.81. The molecule has 3 nitrogen and oxygen atoms in total. The summed E-state index contributed by atoms with van der Waals surface area (Å²) in [6.45, 7) is 2.81. The van der Waals surface area contributed by atoms with Gasteiger partial charge in [0.2, 0.25) is 0 Å². The van der Waals surface area contributed by atoms with Crippen LogP contribution in [-0.2, 0) is 17.4 Å². The minimum atomic E-state index is -4.53. The highest BCUT2D eigenvalue weighted by Crippen LogP contribution is 2.35. The van der Waals surface area contributed by atoms with Crippen LogP contribution in [0.3, 0.4) is 0 Å². The third-order valence-corrected chi connectivity index (χ3v) is 6.16. The Morgan fingerprint density at radius 3 is 2.24 bits per heavy atom. The lowest BCUT2D eigenvalue weighted by atomic mass is 9.84. The molecule has 3 aromatic carbocycles. The van der Waals surface area contributed by atoms with Crippen LogP contribution in [0.5, 0.6) is 0 Å². The van der Waals surface area contributed by atoms with E-state index in [0.29, 0.717) is 5.56 Å². The topological polar surface area (TPSA) is 57.5 Å². The lowest BCUT2D eigenvalue weighted by Crippen LogP contribution is -2.32. The number of rotatable bonds is 8. The SMILES string of the molecule is Cc1c(/C=C/c2cc(CC[C@@](C)(CO)C(=O)O)ccc2C(F)(F)F)cccc1-c1ccccc1. The summed E-state index contributed by atoms with van der Waals surface area (Å²) >= 11 is 0. The Labute approximate surface area is 197 Å². The molecule has 0 aromatic heterocycles. The highest BCUT2D eigenvalue weighted by atomic mass is 19.4. The zero-order valence-corrected chi connectivity index (χ0v) is 19.1. The van der Waals surface area contributed by atoms with Gasteiger partial charge < -0.3 is 10.2 Å². The van der Waals surface area contributed by atoms with Crippen molar-refractivity contribution in [2.75, 3.05) is 6.61 Å². The number of aryl methyl sites for hydroxylation is 1. The van der Waals surface area contributed by atoms with Crippen LogP contribution in [0.2, 0.25) is 0 Å². The molecule has 1 atom stereocenters. The van der Waals surface area contributed by atoms with Crippen LogP contribution in [0.25, 0.3) is 23.3 Å². The Kier molecular flexibility index (Phi) is 7.62. The summed E-state index contributed by atoms with van der Waals surface area (Å²) in [5, 5.41) is 18.8. The van der Waals surface area contributed by atoms with Crippen molar-refractivity contribution in [1.29, 1.82) is 0 Å². The largest absolute Gasteiger partial charge is 0.481 e. The summed E-state index contributed by atoms with van der Waals surface area (Å²) in [6, 6.07) is 19.3. The molecule has 0 amide bonds. The number of hydrogen-bond donors (Lipinski definition) is 2. The number of hydrogen-bond acceptors (Lipinski definition) is 2. The van der Waals surface area contributed by atoms with Crippen molar-refractivity contribution < 1.29 is 28.2 Å². The van der Waals surface area contributed by atoms with E-state index in [-0.39, 0.29) is 18.4 Å². The first kappa shape index (κ1) is 25.2. The van der Waals surface area contributed by atoms with Gasteiger partial charge in [0.15, 0.2) is 0 Å². The molecule has 3 aromatic rings. The van der Waals surface area contributed by atoms with Crippen LogP contribution in [0.15, 0.2) is 66.7 Å². The molecule has 0 fully saturated rings. The lowest BCUT2D eigenvalue weighted by molar-refractivity contribution is -0.150. The molecule has 34 heavy (non-hydrogen) atoms. The molecule has 3 rings (SSSR count). The second-order valence-electron chi connectivity index (χ2n) is 8.66. The van der Waals surface area contributed by atoms with E-state index in [0.717, 1.165) is 28.3 Å². The molecule has 0 aliphatic carbocycles. The predicted octanol–water partition coefficient (Wildman–Crippen LogP) is 6.87. The van der Waals surface area contributed by atoms with Crippen LogP contribution in [-0.4, -0.2) is 22.8 Å². The van der Waals surface area contributed by atoms with Gasteiger partial charge in [-0.1, -0.05) is 72.8 Å². The van der Waals surface area contributed by atoms with Gasteiger partial charge in [0.25, 0.3) is 0 Å². The molecule has 178 valence electrons. The summed E-state index contributed by atoms with van der Waals surface area (Å²) in [5.74, 6) is -1.14. The number of benzene rings is 3. The van der Waals surface area contributed by atoms with Crippen LogP contribution in [0.1, 0.15) is 41.2 Å². The van der Waals surface area contributed by atoms with Gasteiger partial charge in [-0.15, -0.1) is 0 Å². The van der Waals surface area contributed by atoms with E-state index < -0.39 is 29.7 Å². The molecule has 0 saturated carbocycles. The predicted molar refractivity (Wildman–Crippen MR) is 128 cm³/mol. The number of carboxylic acids is 1. The van der Waals surface area contributed by atoms with E-state index in [9.17, 15) is 28.2 Å². The van der Waals surface area contributed by atoms with Gasteiger partial charge in [0.05, 0.1) is 17.6 Å². The highest BCUT2D eigenvalue weighted by Gasteiger charge is 2.34. The average molecular weight is 469 g/mol. The lowest BCUT2D eigenvalue weighted by Gasteiger charge is -2.22. The van der Waals surface area contributed by atoms with E-state index in [2.05, 4.69) is 0 Å². The molecule has 0 unspecified atom stereocenters. The minimum Gasteiger partial charge on any atom is -0.481 e. The van der Waals surface area contributed by atoms with Gasteiger partial charge in [-0.05, 0) is 66.1 Å². The maximum atomic E-state index is 13.7. The summed E-state index contributed by atoms with van der Waals surface area (Å²) < 4.78 is 41.0. The van der Waals surface area contributed by atoms with Gasteiger partial charge in [-0.3, -0.25) is 4.79 Å². The third kappa shape index (κ3) is 5.75. The molecule has 6 heteroatoms. The quantitative estimate of drug-likeness (QED) is 0.355.